The van der Waals surface area contributed by atoms with E-state index in [4.69, 9.17) is 0 Å². The van der Waals surface area contributed by atoms with Crippen LogP contribution < -0.4 is 5.32 Å². The molecular formula is C13H17N3O. The number of carbonyl (C=O) groups excluding carboxylic acids is 1. The van der Waals surface area contributed by atoms with Crippen LogP contribution in [0.5, 0.6) is 0 Å². The summed E-state index contributed by atoms with van der Waals surface area (Å²) in [5, 5.41) is 3.44. The molecule has 2 saturated heterocycles. The molecule has 90 valence electrons. The first-order chi connectivity index (χ1) is 8.33. The number of piperidine rings is 2. The van der Waals surface area contributed by atoms with Crippen LogP contribution in [-0.4, -0.2) is 42.0 Å². The smallest absolute Gasteiger partial charge is 0.255 e. The Hall–Kier alpha value is -1.42. The first-order valence-corrected chi connectivity index (χ1v) is 6.23. The SMILES string of the molecule is O=C(c1cccnc1)N1CC2CNCC(C2)C1. The number of aromatic nitrogens is 1. The highest BCUT2D eigenvalue weighted by atomic mass is 16.2. The molecule has 1 aromatic rings. The number of rotatable bonds is 1. The van der Waals surface area contributed by atoms with E-state index in [1.54, 1.807) is 12.4 Å². The lowest BCUT2D eigenvalue weighted by Crippen LogP contribution is -2.52. The second-order valence-electron chi connectivity index (χ2n) is 5.08. The van der Waals surface area contributed by atoms with Gasteiger partial charge >= 0.3 is 0 Å². The van der Waals surface area contributed by atoms with E-state index in [2.05, 4.69) is 10.3 Å². The van der Waals surface area contributed by atoms with Gasteiger partial charge in [0.25, 0.3) is 5.91 Å². The number of amides is 1. The molecule has 2 aliphatic rings. The van der Waals surface area contributed by atoms with Gasteiger partial charge in [-0.25, -0.2) is 0 Å². The molecular weight excluding hydrogens is 214 g/mol. The maximum absolute atomic E-state index is 12.3. The number of hydrogen-bond donors (Lipinski definition) is 1. The number of likely N-dealkylation sites (tertiary alicyclic amines) is 1. The quantitative estimate of drug-likeness (QED) is 0.776. The van der Waals surface area contributed by atoms with Crippen LogP contribution in [0.25, 0.3) is 0 Å². The van der Waals surface area contributed by atoms with Crippen molar-refractivity contribution in [3.8, 4) is 0 Å². The molecule has 0 saturated carbocycles. The standard InChI is InChI=1S/C13H17N3O/c17-13(12-2-1-3-14-7-12)16-8-10-4-11(9-16)6-15-5-10/h1-3,7,10-11,15H,4-6,8-9H2. The molecule has 2 atom stereocenters. The molecule has 4 heteroatoms. The molecule has 1 aromatic heterocycles. The van der Waals surface area contributed by atoms with Gasteiger partial charge in [0.15, 0.2) is 0 Å². The van der Waals surface area contributed by atoms with Crippen LogP contribution in [0.1, 0.15) is 16.8 Å². The first kappa shape index (κ1) is 10.7. The van der Waals surface area contributed by atoms with Gasteiger partial charge in [0, 0.05) is 25.5 Å². The van der Waals surface area contributed by atoms with Crippen LogP contribution >= 0.6 is 0 Å². The summed E-state index contributed by atoms with van der Waals surface area (Å²) in [6, 6.07) is 3.66. The van der Waals surface area contributed by atoms with Crippen LogP contribution in [0, 0.1) is 11.8 Å². The van der Waals surface area contributed by atoms with Crippen LogP contribution in [0.2, 0.25) is 0 Å². The highest BCUT2D eigenvalue weighted by molar-refractivity contribution is 5.93. The molecule has 1 N–H and O–H groups in total. The molecule has 2 bridgehead atoms. The van der Waals surface area contributed by atoms with E-state index in [0.29, 0.717) is 17.4 Å². The number of nitrogens with one attached hydrogen (secondary N) is 1. The molecule has 3 rings (SSSR count). The third-order valence-electron chi connectivity index (χ3n) is 3.69. The predicted molar refractivity (Wildman–Crippen MR) is 64.6 cm³/mol. The van der Waals surface area contributed by atoms with Gasteiger partial charge in [-0.2, -0.15) is 0 Å². The van der Waals surface area contributed by atoms with Crippen molar-refractivity contribution in [2.45, 2.75) is 6.42 Å². The van der Waals surface area contributed by atoms with Crippen molar-refractivity contribution in [1.29, 1.82) is 0 Å². The molecule has 17 heavy (non-hydrogen) atoms. The van der Waals surface area contributed by atoms with Gasteiger partial charge in [0.05, 0.1) is 5.56 Å². The van der Waals surface area contributed by atoms with Crippen LogP contribution in [0.15, 0.2) is 24.5 Å². The Balaban J connectivity index is 1.74. The van der Waals surface area contributed by atoms with Gasteiger partial charge < -0.3 is 10.2 Å². The Morgan fingerprint density at radius 1 is 1.35 bits per heavy atom. The Morgan fingerprint density at radius 2 is 2.12 bits per heavy atom. The Bertz CT molecular complexity index is 394. The van der Waals surface area contributed by atoms with E-state index in [9.17, 15) is 4.79 Å². The summed E-state index contributed by atoms with van der Waals surface area (Å²) in [6.07, 6.45) is 4.63. The molecule has 0 spiro atoms. The maximum Gasteiger partial charge on any atom is 0.255 e. The molecule has 2 aliphatic heterocycles. The zero-order valence-corrected chi connectivity index (χ0v) is 9.80. The fourth-order valence-corrected chi connectivity index (χ4v) is 2.94. The summed E-state index contributed by atoms with van der Waals surface area (Å²) in [7, 11) is 0. The molecule has 1 amide bonds. The lowest BCUT2D eigenvalue weighted by atomic mass is 9.85. The Kier molecular flexibility index (Phi) is 2.81. The summed E-state index contributed by atoms with van der Waals surface area (Å²) in [5.74, 6) is 1.39. The molecule has 3 heterocycles. The van der Waals surface area contributed by atoms with Gasteiger partial charge in [-0.1, -0.05) is 0 Å². The summed E-state index contributed by atoms with van der Waals surface area (Å²) in [6.45, 7) is 3.87. The van der Waals surface area contributed by atoms with Crippen molar-refractivity contribution in [3.63, 3.8) is 0 Å². The van der Waals surface area contributed by atoms with Crippen molar-refractivity contribution < 1.29 is 4.79 Å². The topological polar surface area (TPSA) is 45.2 Å². The van der Waals surface area contributed by atoms with Gasteiger partial charge in [0.1, 0.15) is 0 Å². The Labute approximate surface area is 101 Å². The average Bonchev–Trinajstić information content (AvgIpc) is 2.38. The van der Waals surface area contributed by atoms with Crippen LogP contribution in [0.4, 0.5) is 0 Å². The third-order valence-corrected chi connectivity index (χ3v) is 3.69. The second-order valence-corrected chi connectivity index (χ2v) is 5.08. The van der Waals surface area contributed by atoms with Crippen LogP contribution in [0.3, 0.4) is 0 Å². The van der Waals surface area contributed by atoms with Crippen molar-refractivity contribution in [1.82, 2.24) is 15.2 Å². The normalized spacial score (nSPS) is 27.9. The first-order valence-electron chi connectivity index (χ1n) is 6.23. The number of hydrogen-bond acceptors (Lipinski definition) is 3. The van der Waals surface area contributed by atoms with E-state index < -0.39 is 0 Å². The third kappa shape index (κ3) is 2.17. The number of nitrogens with zero attached hydrogens (tertiary/aromatic N) is 2. The monoisotopic (exact) mass is 231 g/mol. The molecule has 0 radical (unpaired) electrons. The van der Waals surface area contributed by atoms with Gasteiger partial charge in [-0.05, 0) is 43.5 Å². The minimum absolute atomic E-state index is 0.134. The lowest BCUT2D eigenvalue weighted by Gasteiger charge is -2.41. The highest BCUT2D eigenvalue weighted by Crippen LogP contribution is 2.25. The minimum Gasteiger partial charge on any atom is -0.338 e. The molecule has 2 fully saturated rings. The van der Waals surface area contributed by atoms with Gasteiger partial charge in [-0.3, -0.25) is 9.78 Å². The number of carbonyl (C=O) groups is 1. The fourth-order valence-electron chi connectivity index (χ4n) is 2.94. The summed E-state index contributed by atoms with van der Waals surface area (Å²) in [5.41, 5.74) is 0.709. The summed E-state index contributed by atoms with van der Waals surface area (Å²) in [4.78, 5) is 18.3. The van der Waals surface area contributed by atoms with E-state index in [0.717, 1.165) is 26.2 Å². The van der Waals surface area contributed by atoms with Gasteiger partial charge in [-0.15, -0.1) is 0 Å². The molecule has 0 aliphatic carbocycles. The van der Waals surface area contributed by atoms with Crippen molar-refractivity contribution in [3.05, 3.63) is 30.1 Å². The molecule has 4 nitrogen and oxygen atoms in total. The summed E-state index contributed by atoms with van der Waals surface area (Å²) >= 11 is 0. The largest absolute Gasteiger partial charge is 0.338 e. The van der Waals surface area contributed by atoms with E-state index >= 15 is 0 Å². The zero-order valence-electron chi connectivity index (χ0n) is 9.80. The zero-order chi connectivity index (χ0) is 11.7. The van der Waals surface area contributed by atoms with Crippen molar-refractivity contribution >= 4 is 5.91 Å². The van der Waals surface area contributed by atoms with E-state index in [-0.39, 0.29) is 5.91 Å². The van der Waals surface area contributed by atoms with Crippen molar-refractivity contribution in [2.75, 3.05) is 26.2 Å². The number of pyridine rings is 1. The maximum atomic E-state index is 12.3. The van der Waals surface area contributed by atoms with E-state index in [1.807, 2.05) is 17.0 Å². The predicted octanol–water partition coefficient (Wildman–Crippen LogP) is 0.763. The highest BCUT2D eigenvalue weighted by Gasteiger charge is 2.32. The van der Waals surface area contributed by atoms with Crippen molar-refractivity contribution in [2.24, 2.45) is 11.8 Å². The minimum atomic E-state index is 0.134. The lowest BCUT2D eigenvalue weighted by molar-refractivity contribution is 0.0537. The summed E-state index contributed by atoms with van der Waals surface area (Å²) < 4.78 is 0. The Morgan fingerprint density at radius 3 is 2.76 bits per heavy atom. The number of fused-ring (bicyclic) bond motifs is 2. The molecule has 0 aromatic carbocycles. The molecule has 2 unspecified atom stereocenters. The fraction of sp³-hybridized carbons (Fsp3) is 0.538. The van der Waals surface area contributed by atoms with E-state index in [1.165, 1.54) is 6.42 Å². The average molecular weight is 231 g/mol. The second kappa shape index (κ2) is 4.45. The van der Waals surface area contributed by atoms with Gasteiger partial charge in [0.2, 0.25) is 0 Å². The van der Waals surface area contributed by atoms with Crippen LogP contribution in [-0.2, 0) is 0 Å².